The highest BCUT2D eigenvalue weighted by molar-refractivity contribution is 5.83. The van der Waals surface area contributed by atoms with E-state index in [-0.39, 0.29) is 5.60 Å². The number of ether oxygens (including phenoxy) is 1. The zero-order valence-electron chi connectivity index (χ0n) is 9.15. The number of rotatable bonds is 3. The predicted octanol–water partition coefficient (Wildman–Crippen LogP) is 3.64. The first-order chi connectivity index (χ1) is 7.84. The average Bonchev–Trinajstić information content (AvgIpc) is 3.10. The zero-order chi connectivity index (χ0) is 11.0. The van der Waals surface area contributed by atoms with Crippen LogP contribution in [0.5, 0.6) is 0 Å². The Kier molecular flexibility index (Phi) is 2.08. The van der Waals surface area contributed by atoms with Gasteiger partial charge < -0.3 is 4.74 Å². The lowest BCUT2D eigenvalue weighted by Gasteiger charge is -2.10. The van der Waals surface area contributed by atoms with Crippen LogP contribution >= 0.6 is 0 Å². The number of hydrogen-bond acceptors (Lipinski definition) is 1. The van der Waals surface area contributed by atoms with Crippen LogP contribution < -0.4 is 0 Å². The highest BCUT2D eigenvalue weighted by Gasteiger charge is 2.45. The van der Waals surface area contributed by atoms with Crippen molar-refractivity contribution in [1.82, 2.24) is 0 Å². The van der Waals surface area contributed by atoms with E-state index >= 15 is 0 Å². The summed E-state index contributed by atoms with van der Waals surface area (Å²) >= 11 is 0. The van der Waals surface area contributed by atoms with Gasteiger partial charge >= 0.3 is 0 Å². The SMILES string of the molecule is C=CCC1(c2ccc3ccccc3c2)CO1. The van der Waals surface area contributed by atoms with Crippen molar-refractivity contribution < 1.29 is 4.74 Å². The maximum Gasteiger partial charge on any atom is 0.120 e. The third-order valence-electron chi connectivity index (χ3n) is 3.24. The van der Waals surface area contributed by atoms with Crippen LogP contribution in [0, 0.1) is 0 Å². The van der Waals surface area contributed by atoms with E-state index in [4.69, 9.17) is 4.74 Å². The van der Waals surface area contributed by atoms with E-state index in [1.165, 1.54) is 16.3 Å². The van der Waals surface area contributed by atoms with Gasteiger partial charge in [-0.1, -0.05) is 42.5 Å². The summed E-state index contributed by atoms with van der Waals surface area (Å²) in [5, 5.41) is 2.56. The van der Waals surface area contributed by atoms with Crippen LogP contribution in [0.4, 0.5) is 0 Å². The molecule has 1 fully saturated rings. The quantitative estimate of drug-likeness (QED) is 0.556. The summed E-state index contributed by atoms with van der Waals surface area (Å²) in [5.74, 6) is 0. The summed E-state index contributed by atoms with van der Waals surface area (Å²) in [6, 6.07) is 15.0. The number of fused-ring (bicyclic) bond motifs is 1. The van der Waals surface area contributed by atoms with Gasteiger partial charge in [0.05, 0.1) is 6.61 Å². The Morgan fingerprint density at radius 3 is 2.62 bits per heavy atom. The Morgan fingerprint density at radius 2 is 1.94 bits per heavy atom. The Hall–Kier alpha value is -1.60. The van der Waals surface area contributed by atoms with Gasteiger partial charge in [0.1, 0.15) is 5.60 Å². The van der Waals surface area contributed by atoms with Crippen molar-refractivity contribution in [3.05, 3.63) is 60.7 Å². The Morgan fingerprint density at radius 1 is 1.19 bits per heavy atom. The highest BCUT2D eigenvalue weighted by atomic mass is 16.6. The third-order valence-corrected chi connectivity index (χ3v) is 3.24. The van der Waals surface area contributed by atoms with E-state index in [1.54, 1.807) is 0 Å². The zero-order valence-corrected chi connectivity index (χ0v) is 9.15. The first kappa shape index (κ1) is 9.61. The van der Waals surface area contributed by atoms with Gasteiger partial charge in [-0.05, 0) is 22.4 Å². The van der Waals surface area contributed by atoms with Crippen LogP contribution in [0.3, 0.4) is 0 Å². The standard InChI is InChI=1S/C15H14O/c1-2-9-15(11-16-15)14-8-7-12-5-3-4-6-13(12)10-14/h2-8,10H,1,9,11H2. The van der Waals surface area contributed by atoms with E-state index in [1.807, 2.05) is 6.08 Å². The van der Waals surface area contributed by atoms with Crippen molar-refractivity contribution in [1.29, 1.82) is 0 Å². The van der Waals surface area contributed by atoms with E-state index in [0.29, 0.717) is 0 Å². The van der Waals surface area contributed by atoms with Crippen molar-refractivity contribution >= 4 is 10.8 Å². The Labute approximate surface area is 95.4 Å². The minimum Gasteiger partial charge on any atom is -0.364 e. The monoisotopic (exact) mass is 210 g/mol. The molecule has 16 heavy (non-hydrogen) atoms. The van der Waals surface area contributed by atoms with Gasteiger partial charge in [0, 0.05) is 6.42 Å². The summed E-state index contributed by atoms with van der Waals surface area (Å²) in [6.45, 7) is 4.61. The van der Waals surface area contributed by atoms with Gasteiger partial charge in [0.2, 0.25) is 0 Å². The van der Waals surface area contributed by atoms with Crippen LogP contribution in [0.2, 0.25) is 0 Å². The van der Waals surface area contributed by atoms with Gasteiger partial charge in [-0.15, -0.1) is 6.58 Å². The molecule has 0 aromatic heterocycles. The minimum absolute atomic E-state index is 0.0776. The first-order valence-corrected chi connectivity index (χ1v) is 5.58. The number of hydrogen-bond donors (Lipinski definition) is 0. The van der Waals surface area contributed by atoms with Gasteiger partial charge in [-0.2, -0.15) is 0 Å². The molecule has 80 valence electrons. The van der Waals surface area contributed by atoms with Crippen molar-refractivity contribution in [3.8, 4) is 0 Å². The van der Waals surface area contributed by atoms with Gasteiger partial charge in [0.15, 0.2) is 0 Å². The van der Waals surface area contributed by atoms with Crippen LogP contribution in [0.15, 0.2) is 55.1 Å². The summed E-state index contributed by atoms with van der Waals surface area (Å²) in [6.07, 6.45) is 2.83. The van der Waals surface area contributed by atoms with Crippen LogP contribution in [-0.2, 0) is 10.3 Å². The normalized spacial score (nSPS) is 23.2. The molecule has 0 radical (unpaired) electrons. The molecule has 1 heterocycles. The molecule has 0 bridgehead atoms. The second-order valence-electron chi connectivity index (χ2n) is 4.34. The molecule has 1 aliphatic rings. The second kappa shape index (κ2) is 3.46. The summed E-state index contributed by atoms with van der Waals surface area (Å²) in [4.78, 5) is 0. The molecule has 1 unspecified atom stereocenters. The van der Waals surface area contributed by atoms with Gasteiger partial charge in [-0.3, -0.25) is 0 Å². The average molecular weight is 210 g/mol. The lowest BCUT2D eigenvalue weighted by Crippen LogP contribution is -2.06. The molecule has 1 aliphatic heterocycles. The lowest BCUT2D eigenvalue weighted by atomic mass is 9.94. The van der Waals surface area contributed by atoms with E-state index in [2.05, 4.69) is 49.0 Å². The highest BCUT2D eigenvalue weighted by Crippen LogP contribution is 2.42. The molecule has 0 aliphatic carbocycles. The fraction of sp³-hybridized carbons (Fsp3) is 0.200. The van der Waals surface area contributed by atoms with E-state index in [0.717, 1.165) is 13.0 Å². The summed E-state index contributed by atoms with van der Waals surface area (Å²) < 4.78 is 5.60. The maximum absolute atomic E-state index is 5.60. The van der Waals surface area contributed by atoms with Crippen LogP contribution in [-0.4, -0.2) is 6.61 Å². The van der Waals surface area contributed by atoms with Gasteiger partial charge in [0.25, 0.3) is 0 Å². The predicted molar refractivity (Wildman–Crippen MR) is 66.4 cm³/mol. The molecule has 2 aromatic rings. The molecule has 1 heteroatoms. The van der Waals surface area contributed by atoms with E-state index < -0.39 is 0 Å². The molecule has 2 aromatic carbocycles. The molecular formula is C15H14O. The topological polar surface area (TPSA) is 12.5 Å². The van der Waals surface area contributed by atoms with Crippen molar-refractivity contribution in [2.75, 3.05) is 6.61 Å². The molecule has 1 atom stereocenters. The molecule has 0 N–H and O–H groups in total. The Bertz CT molecular complexity index is 538. The molecule has 1 saturated heterocycles. The fourth-order valence-electron chi connectivity index (χ4n) is 2.20. The van der Waals surface area contributed by atoms with Crippen molar-refractivity contribution in [3.63, 3.8) is 0 Å². The number of benzene rings is 2. The molecule has 0 amide bonds. The summed E-state index contributed by atoms with van der Waals surface area (Å²) in [5.41, 5.74) is 1.19. The molecule has 0 spiro atoms. The molecule has 1 nitrogen and oxygen atoms in total. The third kappa shape index (κ3) is 1.44. The molecular weight excluding hydrogens is 196 g/mol. The summed E-state index contributed by atoms with van der Waals surface area (Å²) in [7, 11) is 0. The lowest BCUT2D eigenvalue weighted by molar-refractivity contribution is 0.310. The fourth-order valence-corrected chi connectivity index (χ4v) is 2.20. The Balaban J connectivity index is 2.08. The van der Waals surface area contributed by atoms with Crippen molar-refractivity contribution in [2.45, 2.75) is 12.0 Å². The van der Waals surface area contributed by atoms with Crippen molar-refractivity contribution in [2.24, 2.45) is 0 Å². The minimum atomic E-state index is -0.0776. The maximum atomic E-state index is 5.60. The van der Waals surface area contributed by atoms with Gasteiger partial charge in [-0.25, -0.2) is 0 Å². The molecule has 0 saturated carbocycles. The van der Waals surface area contributed by atoms with Crippen LogP contribution in [0.25, 0.3) is 10.8 Å². The van der Waals surface area contributed by atoms with E-state index in [9.17, 15) is 0 Å². The largest absolute Gasteiger partial charge is 0.364 e. The molecule has 3 rings (SSSR count). The van der Waals surface area contributed by atoms with Crippen LogP contribution in [0.1, 0.15) is 12.0 Å². The second-order valence-corrected chi connectivity index (χ2v) is 4.34. The number of epoxide rings is 1. The first-order valence-electron chi connectivity index (χ1n) is 5.58. The smallest absolute Gasteiger partial charge is 0.120 e.